The maximum absolute atomic E-state index is 13.7. The molecule has 180 valence electrons. The summed E-state index contributed by atoms with van der Waals surface area (Å²) in [5, 5.41) is 12.8. The second-order valence-electron chi connectivity index (χ2n) is 9.61. The highest BCUT2D eigenvalue weighted by atomic mass is 35.5. The number of benzene rings is 3. The van der Waals surface area contributed by atoms with Crippen LogP contribution in [0.4, 0.5) is 0 Å². The Bertz CT molecular complexity index is 1590. The zero-order valence-corrected chi connectivity index (χ0v) is 21.0. The van der Waals surface area contributed by atoms with Gasteiger partial charge in [-0.25, -0.2) is 0 Å². The molecule has 5 aromatic rings. The Morgan fingerprint density at radius 1 is 1.00 bits per heavy atom. The van der Waals surface area contributed by atoms with Gasteiger partial charge in [0.25, 0.3) is 5.91 Å². The number of fused-ring (bicyclic) bond motifs is 3. The van der Waals surface area contributed by atoms with E-state index in [0.29, 0.717) is 17.1 Å². The Kier molecular flexibility index (Phi) is 5.41. The van der Waals surface area contributed by atoms with Crippen LogP contribution in [0, 0.1) is 13.8 Å². The van der Waals surface area contributed by atoms with Crippen LogP contribution in [0.2, 0.25) is 5.02 Å². The van der Waals surface area contributed by atoms with Gasteiger partial charge in [-0.2, -0.15) is 0 Å². The van der Waals surface area contributed by atoms with Gasteiger partial charge in [-0.3, -0.25) is 9.36 Å². The molecule has 0 aliphatic carbocycles. The van der Waals surface area contributed by atoms with E-state index in [2.05, 4.69) is 64.3 Å². The first-order chi connectivity index (χ1) is 17.4. The summed E-state index contributed by atoms with van der Waals surface area (Å²) < 4.78 is 4.14. The summed E-state index contributed by atoms with van der Waals surface area (Å²) >= 11 is 6.61. The summed E-state index contributed by atoms with van der Waals surface area (Å²) in [5.74, 6) is -0.188. The number of aromatic nitrogens is 4. The van der Waals surface area contributed by atoms with Crippen LogP contribution in [0.5, 0.6) is 0 Å². The van der Waals surface area contributed by atoms with E-state index in [1.54, 1.807) is 29.4 Å². The second kappa shape index (κ2) is 8.64. The fourth-order valence-corrected chi connectivity index (χ4v) is 5.77. The van der Waals surface area contributed by atoms with Crippen molar-refractivity contribution in [2.45, 2.75) is 38.8 Å². The molecule has 2 aromatic heterocycles. The van der Waals surface area contributed by atoms with Crippen LogP contribution in [0.25, 0.3) is 16.6 Å². The maximum Gasteiger partial charge on any atom is 0.253 e. The largest absolute Gasteiger partial charge is 0.342 e. The Labute approximate surface area is 214 Å². The molecular formula is C29H26ClN5O. The van der Waals surface area contributed by atoms with E-state index >= 15 is 0 Å². The van der Waals surface area contributed by atoms with Crippen molar-refractivity contribution in [3.8, 4) is 5.69 Å². The minimum Gasteiger partial charge on any atom is -0.342 e. The monoisotopic (exact) mass is 495 g/mol. The van der Waals surface area contributed by atoms with Crippen molar-refractivity contribution in [3.05, 3.63) is 112 Å². The van der Waals surface area contributed by atoms with Gasteiger partial charge in [0.05, 0.1) is 22.7 Å². The minimum absolute atomic E-state index is 0.188. The van der Waals surface area contributed by atoms with E-state index in [-0.39, 0.29) is 5.91 Å². The molecule has 0 bridgehead atoms. The first-order valence-electron chi connectivity index (χ1n) is 12.1. The summed E-state index contributed by atoms with van der Waals surface area (Å²) in [5.41, 5.74) is 6.89. The Balaban J connectivity index is 1.40. The first-order valence-corrected chi connectivity index (χ1v) is 12.4. The normalized spacial score (nSPS) is 17.2. The smallest absolute Gasteiger partial charge is 0.253 e. The molecular weight excluding hydrogens is 470 g/mol. The number of carbonyl (C=O) groups excluding carboxylic acids is 1. The van der Waals surface area contributed by atoms with Crippen molar-refractivity contribution in [3.63, 3.8) is 0 Å². The number of nitrogens with zero attached hydrogens (tertiary/aromatic N) is 4. The van der Waals surface area contributed by atoms with Crippen LogP contribution in [0.15, 0.2) is 79.4 Å². The molecule has 1 aliphatic heterocycles. The highest BCUT2D eigenvalue weighted by Gasteiger charge is 2.39. The lowest BCUT2D eigenvalue weighted by Crippen LogP contribution is -2.51. The van der Waals surface area contributed by atoms with Gasteiger partial charge in [-0.1, -0.05) is 53.6 Å². The Hall–Kier alpha value is -3.90. The molecule has 0 radical (unpaired) electrons. The van der Waals surface area contributed by atoms with Gasteiger partial charge in [0.1, 0.15) is 12.7 Å². The number of hydrogen-bond donors (Lipinski definition) is 1. The van der Waals surface area contributed by atoms with Crippen molar-refractivity contribution in [2.24, 2.45) is 0 Å². The van der Waals surface area contributed by atoms with Gasteiger partial charge in [0, 0.05) is 22.3 Å². The van der Waals surface area contributed by atoms with Crippen molar-refractivity contribution in [2.75, 3.05) is 0 Å². The maximum atomic E-state index is 13.7. The summed E-state index contributed by atoms with van der Waals surface area (Å²) in [6.07, 6.45) is 4.87. The van der Waals surface area contributed by atoms with Crippen molar-refractivity contribution in [1.82, 2.24) is 24.6 Å². The molecule has 1 N–H and O–H groups in total. The molecule has 1 amide bonds. The quantitative estimate of drug-likeness (QED) is 0.344. The summed E-state index contributed by atoms with van der Waals surface area (Å²) in [6.45, 7) is 4.99. The first kappa shape index (κ1) is 22.6. The molecule has 0 saturated heterocycles. The molecule has 6 nitrogen and oxygen atoms in total. The molecule has 1 atom stereocenters. The third kappa shape index (κ3) is 3.69. The van der Waals surface area contributed by atoms with Gasteiger partial charge in [-0.15, -0.1) is 10.2 Å². The Morgan fingerprint density at radius 2 is 1.78 bits per heavy atom. The van der Waals surface area contributed by atoms with Gasteiger partial charge >= 0.3 is 0 Å². The van der Waals surface area contributed by atoms with E-state index in [1.807, 2.05) is 24.3 Å². The van der Waals surface area contributed by atoms with Crippen LogP contribution in [-0.4, -0.2) is 25.2 Å². The molecule has 0 saturated carbocycles. The topological polar surface area (TPSA) is 64.7 Å². The van der Waals surface area contributed by atoms with Crippen LogP contribution in [-0.2, 0) is 18.5 Å². The van der Waals surface area contributed by atoms with Crippen molar-refractivity contribution in [1.29, 1.82) is 0 Å². The molecule has 3 aromatic carbocycles. The summed E-state index contributed by atoms with van der Waals surface area (Å²) in [6, 6.07) is 22.3. The predicted molar refractivity (Wildman–Crippen MR) is 142 cm³/mol. The SMILES string of the molecule is Cc1ccc2c(c1)c(C)c1n2C[C@@](NC(=O)c2ccc(-n3cnnc3)cc2Cl)(c2ccccc2)CC1. The number of carbonyl (C=O) groups is 1. The second-order valence-corrected chi connectivity index (χ2v) is 10.0. The Morgan fingerprint density at radius 3 is 2.53 bits per heavy atom. The zero-order valence-electron chi connectivity index (χ0n) is 20.2. The van der Waals surface area contributed by atoms with Crippen molar-refractivity contribution >= 4 is 28.4 Å². The van der Waals surface area contributed by atoms with Crippen LogP contribution in [0.3, 0.4) is 0 Å². The number of rotatable bonds is 4. The van der Waals surface area contributed by atoms with E-state index < -0.39 is 5.54 Å². The molecule has 1 aliphatic rings. The predicted octanol–water partition coefficient (Wildman–Crippen LogP) is 5.76. The van der Waals surface area contributed by atoms with Crippen molar-refractivity contribution < 1.29 is 4.79 Å². The third-order valence-corrected chi connectivity index (χ3v) is 7.73. The van der Waals surface area contributed by atoms with E-state index in [9.17, 15) is 4.79 Å². The minimum atomic E-state index is -0.565. The molecule has 0 unspecified atom stereocenters. The number of amides is 1. The lowest BCUT2D eigenvalue weighted by molar-refractivity contribution is 0.0868. The number of halogens is 1. The van der Waals surface area contributed by atoms with Gasteiger partial charge in [0.15, 0.2) is 0 Å². The molecule has 6 rings (SSSR count). The number of nitrogens with one attached hydrogen (secondary N) is 1. The van der Waals surface area contributed by atoms with E-state index in [1.165, 1.54) is 27.7 Å². The van der Waals surface area contributed by atoms with E-state index in [4.69, 9.17) is 11.6 Å². The zero-order chi connectivity index (χ0) is 24.9. The average Bonchev–Trinajstić information content (AvgIpc) is 3.52. The van der Waals surface area contributed by atoms with Crippen LogP contribution >= 0.6 is 11.6 Å². The summed E-state index contributed by atoms with van der Waals surface area (Å²) in [4.78, 5) is 13.7. The standard InChI is InChI=1S/C29H26ClN5O/c1-19-8-11-27-24(14-19)20(2)26-12-13-29(16-35(26)27,21-6-4-3-5-7-21)33-28(36)23-10-9-22(15-25(23)30)34-17-31-32-18-34/h3-11,14-15,17-18H,12-13,16H2,1-2H3,(H,33,36)/t29-/m1/s1. The molecule has 3 heterocycles. The lowest BCUT2D eigenvalue weighted by atomic mass is 9.81. The van der Waals surface area contributed by atoms with Gasteiger partial charge < -0.3 is 9.88 Å². The fraction of sp³-hybridized carbons (Fsp3) is 0.207. The highest BCUT2D eigenvalue weighted by molar-refractivity contribution is 6.34. The molecule has 36 heavy (non-hydrogen) atoms. The van der Waals surface area contributed by atoms with E-state index in [0.717, 1.165) is 24.1 Å². The van der Waals surface area contributed by atoms with Gasteiger partial charge in [-0.05, 0) is 68.1 Å². The molecule has 7 heteroatoms. The lowest BCUT2D eigenvalue weighted by Gasteiger charge is -2.40. The molecule has 0 spiro atoms. The van der Waals surface area contributed by atoms with Crippen LogP contribution in [0.1, 0.15) is 39.2 Å². The molecule has 0 fully saturated rings. The third-order valence-electron chi connectivity index (χ3n) is 7.42. The average molecular weight is 496 g/mol. The van der Waals surface area contributed by atoms with Crippen LogP contribution < -0.4 is 5.32 Å². The summed E-state index contributed by atoms with van der Waals surface area (Å²) in [7, 11) is 0. The highest BCUT2D eigenvalue weighted by Crippen LogP contribution is 2.39. The van der Waals surface area contributed by atoms with Gasteiger partial charge in [0.2, 0.25) is 0 Å². The number of aryl methyl sites for hydroxylation is 2. The fourth-order valence-electron chi connectivity index (χ4n) is 5.51. The number of hydrogen-bond acceptors (Lipinski definition) is 3.